The summed E-state index contributed by atoms with van der Waals surface area (Å²) in [5.41, 5.74) is 1.82. The number of nitrogens with zero attached hydrogens (tertiary/aromatic N) is 3. The zero-order valence-electron chi connectivity index (χ0n) is 16.4. The van der Waals surface area contributed by atoms with Crippen molar-refractivity contribution in [2.24, 2.45) is 0 Å². The maximum absolute atomic E-state index is 12.4. The lowest BCUT2D eigenvalue weighted by atomic mass is 9.88. The van der Waals surface area contributed by atoms with E-state index >= 15 is 0 Å². The van der Waals surface area contributed by atoms with Gasteiger partial charge in [0.1, 0.15) is 5.60 Å². The predicted molar refractivity (Wildman–Crippen MR) is 103 cm³/mol. The maximum atomic E-state index is 12.4. The molecule has 1 amide bonds. The molecule has 6 nitrogen and oxygen atoms in total. The molecule has 1 aliphatic carbocycles. The molecule has 3 rings (SSSR count). The molecule has 144 valence electrons. The average Bonchev–Trinajstić information content (AvgIpc) is 2.85. The zero-order chi connectivity index (χ0) is 19.1. The molecule has 1 atom stereocenters. The summed E-state index contributed by atoms with van der Waals surface area (Å²) in [5, 5.41) is 12.5. The summed E-state index contributed by atoms with van der Waals surface area (Å²) in [7, 11) is 0. The second-order valence-corrected chi connectivity index (χ2v) is 9.34. The molecule has 1 fully saturated rings. The van der Waals surface area contributed by atoms with Gasteiger partial charge in [-0.1, -0.05) is 25.4 Å². The predicted octanol–water partition coefficient (Wildman–Crippen LogP) is 4.17. The monoisotopic (exact) mass is 380 g/mol. The van der Waals surface area contributed by atoms with Gasteiger partial charge in [-0.05, 0) is 51.9 Å². The van der Waals surface area contributed by atoms with Gasteiger partial charge >= 0.3 is 6.09 Å². The average molecular weight is 381 g/mol. The fourth-order valence-electron chi connectivity index (χ4n) is 3.84. The Balaban J connectivity index is 1.72. The Labute approximate surface area is 160 Å². The number of amides is 1. The first-order valence-electron chi connectivity index (χ1n) is 9.37. The molecule has 1 aromatic heterocycles. The molecule has 0 radical (unpaired) electrons. The Morgan fingerprint density at radius 1 is 1.35 bits per heavy atom. The molecule has 0 aromatic carbocycles. The normalized spacial score (nSPS) is 22.1. The van der Waals surface area contributed by atoms with Gasteiger partial charge in [-0.25, -0.2) is 4.79 Å². The van der Waals surface area contributed by atoms with E-state index < -0.39 is 5.60 Å². The van der Waals surface area contributed by atoms with Crippen LogP contribution in [0.4, 0.5) is 10.6 Å². The fourth-order valence-corrected chi connectivity index (χ4v) is 4.25. The number of likely N-dealkylation sites (tertiary alicyclic amines) is 1. The number of hydrogen-bond acceptors (Lipinski definition) is 5. The molecule has 1 aliphatic heterocycles. The van der Waals surface area contributed by atoms with Gasteiger partial charge in [-0.3, -0.25) is 0 Å². The summed E-state index contributed by atoms with van der Waals surface area (Å²) in [6, 6.07) is 0.138. The number of halogens is 1. The minimum absolute atomic E-state index is 0.0217. The van der Waals surface area contributed by atoms with E-state index in [1.54, 1.807) is 4.90 Å². The summed E-state index contributed by atoms with van der Waals surface area (Å²) < 4.78 is 5.51. The number of carbonyl (C=O) groups is 1. The first kappa shape index (κ1) is 19.2. The zero-order valence-corrected chi connectivity index (χ0v) is 17.1. The second kappa shape index (κ2) is 6.87. The van der Waals surface area contributed by atoms with Crippen molar-refractivity contribution >= 4 is 23.5 Å². The standard InChI is InChI=1S/C19H29ClN4O2/c1-18(2,3)26-17(25)24-10-6-7-12(11-24)21-16-13-8-9-19(4,5)14(13)15(20)22-23-16/h12H,6-11H2,1-5H3,(H,21,23)/t12-/m1/s1. The van der Waals surface area contributed by atoms with Gasteiger partial charge in [0.2, 0.25) is 0 Å². The van der Waals surface area contributed by atoms with E-state index in [-0.39, 0.29) is 17.6 Å². The quantitative estimate of drug-likeness (QED) is 0.834. The number of nitrogens with one attached hydrogen (secondary N) is 1. The fraction of sp³-hybridized carbons (Fsp3) is 0.737. The number of piperidine rings is 1. The van der Waals surface area contributed by atoms with Crippen molar-refractivity contribution < 1.29 is 9.53 Å². The molecule has 1 N–H and O–H groups in total. The molecule has 2 heterocycles. The van der Waals surface area contributed by atoms with Gasteiger partial charge in [0.05, 0.1) is 0 Å². The lowest BCUT2D eigenvalue weighted by Gasteiger charge is -2.34. The SMILES string of the molecule is CC(C)(C)OC(=O)N1CCC[C@@H](Nc2nnc(Cl)c3c2CCC3(C)C)C1. The van der Waals surface area contributed by atoms with Crippen molar-refractivity contribution in [3.05, 3.63) is 16.3 Å². The van der Waals surface area contributed by atoms with Gasteiger partial charge in [0.15, 0.2) is 11.0 Å². The first-order valence-corrected chi connectivity index (χ1v) is 9.74. The van der Waals surface area contributed by atoms with Crippen LogP contribution in [0.25, 0.3) is 0 Å². The van der Waals surface area contributed by atoms with E-state index in [1.807, 2.05) is 20.8 Å². The molecule has 0 unspecified atom stereocenters. The number of ether oxygens (including phenoxy) is 1. The lowest BCUT2D eigenvalue weighted by Crippen LogP contribution is -2.47. The molecular weight excluding hydrogens is 352 g/mol. The van der Waals surface area contributed by atoms with E-state index in [4.69, 9.17) is 16.3 Å². The van der Waals surface area contributed by atoms with Crippen molar-refractivity contribution in [3.8, 4) is 0 Å². The Bertz CT molecular complexity index is 700. The van der Waals surface area contributed by atoms with Crippen LogP contribution < -0.4 is 5.32 Å². The highest BCUT2D eigenvalue weighted by Crippen LogP contribution is 2.43. The van der Waals surface area contributed by atoms with Gasteiger partial charge < -0.3 is 15.0 Å². The van der Waals surface area contributed by atoms with Crippen LogP contribution in [0.1, 0.15) is 65.0 Å². The molecule has 7 heteroatoms. The van der Waals surface area contributed by atoms with Crippen LogP contribution >= 0.6 is 11.6 Å². The highest BCUT2D eigenvalue weighted by molar-refractivity contribution is 6.30. The number of rotatable bonds is 2. The van der Waals surface area contributed by atoms with Crippen LogP contribution in [0.15, 0.2) is 0 Å². The minimum atomic E-state index is -0.481. The Hall–Kier alpha value is -1.56. The third-order valence-corrected chi connectivity index (χ3v) is 5.39. The van der Waals surface area contributed by atoms with Gasteiger partial charge in [0, 0.05) is 30.3 Å². The van der Waals surface area contributed by atoms with Crippen LogP contribution in [0.2, 0.25) is 5.15 Å². The Morgan fingerprint density at radius 2 is 2.08 bits per heavy atom. The van der Waals surface area contributed by atoms with E-state index in [0.717, 1.165) is 43.6 Å². The van der Waals surface area contributed by atoms with Gasteiger partial charge in [-0.15, -0.1) is 10.2 Å². The van der Waals surface area contributed by atoms with E-state index in [1.165, 1.54) is 5.56 Å². The van der Waals surface area contributed by atoms with Crippen molar-refractivity contribution in [3.63, 3.8) is 0 Å². The molecule has 0 spiro atoms. The van der Waals surface area contributed by atoms with Gasteiger partial charge in [-0.2, -0.15) is 0 Å². The van der Waals surface area contributed by atoms with Crippen molar-refractivity contribution in [1.82, 2.24) is 15.1 Å². The highest BCUT2D eigenvalue weighted by Gasteiger charge is 2.36. The van der Waals surface area contributed by atoms with Crippen molar-refractivity contribution in [1.29, 1.82) is 0 Å². The van der Waals surface area contributed by atoms with E-state index in [2.05, 4.69) is 29.4 Å². The van der Waals surface area contributed by atoms with Crippen LogP contribution in [0.3, 0.4) is 0 Å². The molecule has 0 bridgehead atoms. The number of hydrogen-bond donors (Lipinski definition) is 1. The number of aromatic nitrogens is 2. The van der Waals surface area contributed by atoms with E-state index in [9.17, 15) is 4.79 Å². The van der Waals surface area contributed by atoms with Crippen molar-refractivity contribution in [2.75, 3.05) is 18.4 Å². The molecule has 1 aromatic rings. The first-order chi connectivity index (χ1) is 12.1. The largest absolute Gasteiger partial charge is 0.444 e. The van der Waals surface area contributed by atoms with Gasteiger partial charge in [0.25, 0.3) is 0 Å². The number of anilines is 1. The molecule has 26 heavy (non-hydrogen) atoms. The Morgan fingerprint density at radius 3 is 2.77 bits per heavy atom. The van der Waals surface area contributed by atoms with Crippen LogP contribution in [-0.4, -0.2) is 45.9 Å². The van der Waals surface area contributed by atoms with Crippen LogP contribution in [0.5, 0.6) is 0 Å². The minimum Gasteiger partial charge on any atom is -0.444 e. The second-order valence-electron chi connectivity index (χ2n) is 8.99. The van der Waals surface area contributed by atoms with E-state index in [0.29, 0.717) is 11.7 Å². The maximum Gasteiger partial charge on any atom is 0.410 e. The Kier molecular flexibility index (Phi) is 5.08. The molecule has 2 aliphatic rings. The molecule has 1 saturated heterocycles. The van der Waals surface area contributed by atoms with Crippen LogP contribution in [-0.2, 0) is 16.6 Å². The number of fused-ring (bicyclic) bond motifs is 1. The van der Waals surface area contributed by atoms with Crippen molar-refractivity contribution in [2.45, 2.75) is 77.4 Å². The highest BCUT2D eigenvalue weighted by atomic mass is 35.5. The topological polar surface area (TPSA) is 67.3 Å². The summed E-state index contributed by atoms with van der Waals surface area (Å²) >= 11 is 6.32. The van der Waals surface area contributed by atoms with Crippen LogP contribution in [0, 0.1) is 0 Å². The summed E-state index contributed by atoms with van der Waals surface area (Å²) in [6.07, 6.45) is 3.66. The third-order valence-electron chi connectivity index (χ3n) is 5.12. The number of carbonyl (C=O) groups excluding carboxylic acids is 1. The smallest absolute Gasteiger partial charge is 0.410 e. The lowest BCUT2D eigenvalue weighted by molar-refractivity contribution is 0.0206. The summed E-state index contributed by atoms with van der Waals surface area (Å²) in [6.45, 7) is 11.4. The third kappa shape index (κ3) is 4.05. The molecule has 0 saturated carbocycles. The summed E-state index contributed by atoms with van der Waals surface area (Å²) in [5.74, 6) is 0.811. The molecular formula is C19H29ClN4O2. The summed E-state index contributed by atoms with van der Waals surface area (Å²) in [4.78, 5) is 14.1.